The largest absolute Gasteiger partial charge is 0.507 e. The molecule has 0 saturated carbocycles. The van der Waals surface area contributed by atoms with Crippen LogP contribution in [0.15, 0.2) is 271 Å². The van der Waals surface area contributed by atoms with Crippen LogP contribution in [0, 0.1) is 33.5 Å². The molecular formula is C106H100ClFN12O14. The van der Waals surface area contributed by atoms with Gasteiger partial charge in [-0.15, -0.1) is 20.4 Å². The molecule has 4 unspecified atom stereocenters. The average molecular weight is 1820 g/mol. The Morgan fingerprint density at radius 1 is 0.366 bits per heavy atom. The Labute approximate surface area is 780 Å². The number of benzene rings is 8. The normalized spacial score (nSPS) is 18.3. The van der Waals surface area contributed by atoms with E-state index in [0.717, 1.165) is 39.6 Å². The SMILES string of the molecule is COc1cccc(C(O)=C2C(=O)C(=O)N(c3ccc(C)nn3)C2c2ccc(C(C)C)cc2)c1.Cc1ccc(C(O)=C2C(=O)C(=O)N(c3ccc(F)cn3)C2c2ccc(C(C)C)cc2)cc1.Cc1ccc(C(O)=C2C(=O)C(=O)N(c3ccc(N4CCOCC4)nn3)C2c2ccc(C(C)C)cc2)cc1.Cc1ccc(N2C(=O)C(=O)C(=C(O)c3cccc(Cl)c3)C2c2ccc(C(C)C)cc2)nn1. The quantitative estimate of drug-likeness (QED) is 0.0352. The highest BCUT2D eigenvalue weighted by molar-refractivity contribution is 6.54. The van der Waals surface area contributed by atoms with Crippen molar-refractivity contribution < 1.29 is 72.6 Å². The summed E-state index contributed by atoms with van der Waals surface area (Å²) in [6.07, 6.45) is 0.994. The molecule has 134 heavy (non-hydrogen) atoms. The van der Waals surface area contributed by atoms with Crippen molar-refractivity contribution in [1.82, 2.24) is 35.6 Å². The Kier molecular flexibility index (Phi) is 29.0. The van der Waals surface area contributed by atoms with E-state index in [1.807, 2.05) is 135 Å². The molecule has 5 aliphatic rings. The van der Waals surface area contributed by atoms with E-state index in [9.17, 15) is 63.2 Å². The smallest absolute Gasteiger partial charge is 0.301 e. The van der Waals surface area contributed by atoms with Crippen LogP contribution in [0.25, 0.3) is 23.0 Å². The van der Waals surface area contributed by atoms with E-state index in [1.54, 1.807) is 123 Å². The number of ether oxygens (including phenoxy) is 2. The predicted octanol–water partition coefficient (Wildman–Crippen LogP) is 19.4. The van der Waals surface area contributed by atoms with Crippen LogP contribution in [0.2, 0.25) is 5.02 Å². The fourth-order valence-electron chi connectivity index (χ4n) is 16.2. The van der Waals surface area contributed by atoms with Crippen molar-refractivity contribution in [1.29, 1.82) is 0 Å². The van der Waals surface area contributed by atoms with E-state index in [4.69, 9.17) is 21.1 Å². The molecule has 4 N–H and O–H groups in total. The van der Waals surface area contributed by atoms with Crippen LogP contribution in [0.4, 0.5) is 33.5 Å². The molecule has 5 aliphatic heterocycles. The molecule has 8 aromatic carbocycles. The van der Waals surface area contributed by atoms with E-state index in [2.05, 4.69) is 95.9 Å². The standard InChI is InChI=1S/C29H30N4O4.C26H23FN2O3.C26H25N3O4.C25H22ClN3O3/c1-18(2)20-8-10-21(11-9-20)26-25(27(34)22-6-4-19(3)5-7-22)28(35)29(36)33(26)24-13-12-23(30-31-24)32-14-16-37-17-15-32;1-15(2)17-8-10-18(11-9-17)23-22(24(30)19-6-4-16(3)5-7-19)25(31)26(32)29(23)21-13-12-20(27)14-28-21;1-15(2)17-9-11-18(12-10-17)23-22(24(30)19-6-5-7-20(14-19)33-4)25(31)26(32)29(23)21-13-8-16(3)27-28-21;1-14(2)16-8-10-17(11-9-16)22-21(23(30)18-5-4-6-19(26)13-18)24(31)25(32)29(22)20-12-7-15(3)27-28-20/h4-13,18,26,34H,14-17H2,1-3H3;4-15,23,30H,1-3H3;5-15,23,30H,1-4H3;4-14,22,30H,1-3H3. The maximum Gasteiger partial charge on any atom is 0.301 e. The molecule has 5 saturated heterocycles. The van der Waals surface area contributed by atoms with Crippen LogP contribution in [0.5, 0.6) is 5.75 Å². The highest BCUT2D eigenvalue weighted by Crippen LogP contribution is 2.48. The van der Waals surface area contributed by atoms with E-state index in [1.165, 1.54) is 38.8 Å². The number of rotatable bonds is 18. The van der Waals surface area contributed by atoms with E-state index in [0.29, 0.717) is 122 Å². The predicted molar refractivity (Wildman–Crippen MR) is 511 cm³/mol. The molecule has 4 amide bonds. The summed E-state index contributed by atoms with van der Waals surface area (Å²) in [7, 11) is 1.52. The van der Waals surface area contributed by atoms with E-state index in [-0.39, 0.29) is 68.6 Å². The molecule has 12 aromatic rings. The Bertz CT molecular complexity index is 6570. The van der Waals surface area contributed by atoms with Crippen LogP contribution in [-0.4, -0.2) is 136 Å². The lowest BCUT2D eigenvalue weighted by Crippen LogP contribution is -2.37. The van der Waals surface area contributed by atoms with Crippen LogP contribution >= 0.6 is 11.6 Å². The van der Waals surface area contributed by atoms with Crippen molar-refractivity contribution in [3.63, 3.8) is 0 Å². The molecule has 0 spiro atoms. The monoisotopic (exact) mass is 1820 g/mol. The number of aliphatic hydroxyl groups excluding tert-OH is 4. The van der Waals surface area contributed by atoms with Crippen LogP contribution in [-0.2, 0) is 43.1 Å². The zero-order valence-electron chi connectivity index (χ0n) is 76.1. The highest BCUT2D eigenvalue weighted by Gasteiger charge is 2.52. The van der Waals surface area contributed by atoms with Crippen molar-refractivity contribution in [3.8, 4) is 5.75 Å². The first-order valence-electron chi connectivity index (χ1n) is 43.8. The topological polar surface area (TPSA) is 342 Å². The maximum absolute atomic E-state index is 13.5. The van der Waals surface area contributed by atoms with Crippen molar-refractivity contribution in [2.45, 2.75) is 131 Å². The number of carbonyl (C=O) groups is 8. The molecule has 4 aromatic heterocycles. The van der Waals surface area contributed by atoms with Crippen molar-refractivity contribution in [2.24, 2.45) is 0 Å². The molecule has 0 aliphatic carbocycles. The number of hydrogen-bond donors (Lipinski definition) is 4. The second-order valence-electron chi connectivity index (χ2n) is 34.2. The first-order chi connectivity index (χ1) is 64.2. The van der Waals surface area contributed by atoms with Gasteiger partial charge < -0.3 is 34.8 Å². The number of aliphatic hydroxyl groups is 4. The summed E-state index contributed by atoms with van der Waals surface area (Å²) >= 11 is 6.09. The van der Waals surface area contributed by atoms with Crippen LogP contribution in [0.3, 0.4) is 0 Å². The van der Waals surface area contributed by atoms with Crippen LogP contribution in [0.1, 0.15) is 193 Å². The minimum atomic E-state index is -0.893. The van der Waals surface area contributed by atoms with Gasteiger partial charge in [-0.3, -0.25) is 58.0 Å². The second-order valence-corrected chi connectivity index (χ2v) is 34.6. The lowest BCUT2D eigenvalue weighted by molar-refractivity contribution is -0.132. The Hall–Kier alpha value is -15.4. The molecule has 5 fully saturated rings. The lowest BCUT2D eigenvalue weighted by atomic mass is 9.93. The summed E-state index contributed by atoms with van der Waals surface area (Å²) in [5.41, 5.74) is 12.2. The van der Waals surface area contributed by atoms with Gasteiger partial charge in [0.2, 0.25) is 0 Å². The van der Waals surface area contributed by atoms with Crippen molar-refractivity contribution >= 4 is 110 Å². The number of morpholine rings is 1. The van der Waals surface area contributed by atoms with Gasteiger partial charge in [0.1, 0.15) is 40.4 Å². The zero-order chi connectivity index (χ0) is 95.8. The number of ketones is 4. The van der Waals surface area contributed by atoms with E-state index < -0.39 is 76.7 Å². The molecule has 26 nitrogen and oxygen atoms in total. The minimum absolute atomic E-state index is 0.00655. The molecule has 17 rings (SSSR count). The number of Topliss-reactive ketones (excluding diaryl/α,β-unsaturated/α-hetero) is 4. The molecule has 0 bridgehead atoms. The Morgan fingerprint density at radius 3 is 0.978 bits per heavy atom. The number of aromatic nitrogens is 7. The van der Waals surface area contributed by atoms with Gasteiger partial charge in [-0.2, -0.15) is 10.2 Å². The number of amides is 4. The maximum atomic E-state index is 13.5. The fraction of sp³-hybridized carbons (Fsp3) is 0.236. The Morgan fingerprint density at radius 2 is 0.672 bits per heavy atom. The van der Waals surface area contributed by atoms with Gasteiger partial charge in [-0.1, -0.05) is 248 Å². The summed E-state index contributed by atoms with van der Waals surface area (Å²) in [6.45, 7) is 26.8. The minimum Gasteiger partial charge on any atom is -0.507 e. The highest BCUT2D eigenvalue weighted by atomic mass is 35.5. The molecule has 682 valence electrons. The third-order valence-corrected chi connectivity index (χ3v) is 24.0. The average Bonchev–Trinajstić information content (AvgIpc) is 1.62. The van der Waals surface area contributed by atoms with Gasteiger partial charge >= 0.3 is 23.6 Å². The number of aryl methyl sites for hydroxylation is 4. The second kappa shape index (κ2) is 41.0. The van der Waals surface area contributed by atoms with E-state index >= 15 is 0 Å². The first-order valence-corrected chi connectivity index (χ1v) is 44.2. The van der Waals surface area contributed by atoms with Gasteiger partial charge in [0.05, 0.1) is 84.4 Å². The number of nitrogens with zero attached hydrogens (tertiary/aromatic N) is 12. The number of carbonyl (C=O) groups excluding carboxylic acids is 8. The molecular weight excluding hydrogens is 1720 g/mol. The van der Waals surface area contributed by atoms with Crippen LogP contribution < -0.4 is 29.2 Å². The summed E-state index contributed by atoms with van der Waals surface area (Å²) in [5.74, 6) is -4.48. The first kappa shape index (κ1) is 94.8. The van der Waals surface area contributed by atoms with Crippen molar-refractivity contribution in [3.05, 3.63) is 371 Å². The Balaban J connectivity index is 0.000000144. The van der Waals surface area contributed by atoms with Gasteiger partial charge in [-0.05, 0) is 169 Å². The lowest BCUT2D eigenvalue weighted by Gasteiger charge is -2.28. The van der Waals surface area contributed by atoms with Gasteiger partial charge in [-0.25, -0.2) is 9.37 Å². The van der Waals surface area contributed by atoms with Gasteiger partial charge in [0.25, 0.3) is 23.1 Å². The number of pyridine rings is 1. The zero-order valence-corrected chi connectivity index (χ0v) is 76.9. The summed E-state index contributed by atoms with van der Waals surface area (Å²) < 4.78 is 24.1. The summed E-state index contributed by atoms with van der Waals surface area (Å²) in [4.78, 5) is 117. The third kappa shape index (κ3) is 20.1. The number of anilines is 5. The molecule has 9 heterocycles. The molecule has 4 atom stereocenters. The number of hydrogen-bond acceptors (Lipinski definition) is 22. The molecule has 28 heteroatoms. The summed E-state index contributed by atoms with van der Waals surface area (Å²) in [6, 6.07) is 67.5. The van der Waals surface area contributed by atoms with Crippen molar-refractivity contribution in [2.75, 3.05) is 57.9 Å². The van der Waals surface area contributed by atoms with Gasteiger partial charge in [0.15, 0.2) is 23.3 Å². The number of methoxy groups -OCH3 is 1. The third-order valence-electron chi connectivity index (χ3n) is 23.8. The number of halogens is 2. The molecule has 0 radical (unpaired) electrons. The fourth-order valence-corrected chi connectivity index (χ4v) is 16.4. The summed E-state index contributed by atoms with van der Waals surface area (Å²) in [5, 5.41) is 70.1. The van der Waals surface area contributed by atoms with Gasteiger partial charge in [0, 0.05) is 40.4 Å².